The van der Waals surface area contributed by atoms with Crippen LogP contribution in [0.2, 0.25) is 0 Å². The molecular weight excluding hydrogens is 444 g/mol. The number of aromatic nitrogens is 2. The molecule has 0 spiro atoms. The van der Waals surface area contributed by atoms with Crippen LogP contribution in [0.3, 0.4) is 0 Å². The second kappa shape index (κ2) is 9.91. The molecule has 1 aliphatic rings. The first-order valence-electron chi connectivity index (χ1n) is 11.6. The van der Waals surface area contributed by atoms with Gasteiger partial charge in [0.15, 0.2) is 0 Å². The molecule has 1 fully saturated rings. The number of carbonyl (C=O) groups excluding carboxylic acids is 1. The van der Waals surface area contributed by atoms with Crippen LogP contribution in [0.1, 0.15) is 23.1 Å². The molecule has 2 aromatic carbocycles. The van der Waals surface area contributed by atoms with E-state index in [1.165, 1.54) is 0 Å². The van der Waals surface area contributed by atoms with E-state index >= 15 is 0 Å². The molecule has 1 N–H and O–H groups in total. The van der Waals surface area contributed by atoms with E-state index < -0.39 is 5.41 Å². The van der Waals surface area contributed by atoms with E-state index in [1.54, 1.807) is 17.5 Å². The third-order valence-corrected chi connectivity index (χ3v) is 7.41. The van der Waals surface area contributed by atoms with Gasteiger partial charge in [-0.25, -0.2) is 9.97 Å². The summed E-state index contributed by atoms with van der Waals surface area (Å²) in [6, 6.07) is 22.1. The molecule has 7 heteroatoms. The quantitative estimate of drug-likeness (QED) is 0.433. The number of nitrogens with one attached hydrogen (secondary N) is 1. The van der Waals surface area contributed by atoms with Crippen LogP contribution in [0.25, 0.3) is 10.2 Å². The number of hydrogen-bond acceptors (Lipinski definition) is 6. The predicted molar refractivity (Wildman–Crippen MR) is 136 cm³/mol. The van der Waals surface area contributed by atoms with E-state index in [2.05, 4.69) is 21.3 Å². The third kappa shape index (κ3) is 4.67. The lowest BCUT2D eigenvalue weighted by Crippen LogP contribution is -2.44. The molecule has 1 amide bonds. The molecule has 0 saturated carbocycles. The zero-order chi connectivity index (χ0) is 23.4. The van der Waals surface area contributed by atoms with Gasteiger partial charge in [-0.2, -0.15) is 0 Å². The molecular formula is C27H28N4O2S. The SMILES string of the molecule is CC(Cc1nc2ccccc2s1)(C(=O)NCc1cccnc1N1CCOCC1)c1ccccc1. The normalized spacial score (nSPS) is 15.7. The Labute approximate surface area is 203 Å². The summed E-state index contributed by atoms with van der Waals surface area (Å²) in [7, 11) is 0. The van der Waals surface area contributed by atoms with Crippen LogP contribution < -0.4 is 10.2 Å². The van der Waals surface area contributed by atoms with E-state index in [0.717, 1.165) is 45.3 Å². The van der Waals surface area contributed by atoms with Gasteiger partial charge in [-0.15, -0.1) is 11.3 Å². The van der Waals surface area contributed by atoms with Gasteiger partial charge >= 0.3 is 0 Å². The number of hydrogen-bond donors (Lipinski definition) is 1. The number of rotatable bonds is 7. The van der Waals surface area contributed by atoms with Gasteiger partial charge in [-0.1, -0.05) is 48.5 Å². The molecule has 0 aliphatic carbocycles. The zero-order valence-corrected chi connectivity index (χ0v) is 20.1. The molecule has 5 rings (SSSR count). The summed E-state index contributed by atoms with van der Waals surface area (Å²) in [5, 5.41) is 4.17. The van der Waals surface area contributed by atoms with Gasteiger partial charge < -0.3 is 15.0 Å². The van der Waals surface area contributed by atoms with Crippen molar-refractivity contribution in [1.82, 2.24) is 15.3 Å². The maximum atomic E-state index is 13.8. The number of ether oxygens (including phenoxy) is 1. The highest BCUT2D eigenvalue weighted by Crippen LogP contribution is 2.32. The maximum absolute atomic E-state index is 13.8. The molecule has 2 aromatic heterocycles. The molecule has 1 unspecified atom stereocenters. The summed E-state index contributed by atoms with van der Waals surface area (Å²) < 4.78 is 6.63. The van der Waals surface area contributed by atoms with Crippen LogP contribution in [-0.2, 0) is 27.9 Å². The van der Waals surface area contributed by atoms with Crippen molar-refractivity contribution >= 4 is 33.3 Å². The van der Waals surface area contributed by atoms with Crippen molar-refractivity contribution in [3.05, 3.63) is 89.1 Å². The number of morpholine rings is 1. The Hall–Kier alpha value is -3.29. The summed E-state index contributed by atoms with van der Waals surface area (Å²) in [5.74, 6) is 0.897. The first-order chi connectivity index (χ1) is 16.6. The van der Waals surface area contributed by atoms with E-state index in [1.807, 2.05) is 67.6 Å². The van der Waals surface area contributed by atoms with E-state index in [4.69, 9.17) is 9.72 Å². The largest absolute Gasteiger partial charge is 0.378 e. The lowest BCUT2D eigenvalue weighted by Gasteiger charge is -2.30. The number of para-hydroxylation sites is 1. The Kier molecular flexibility index (Phi) is 6.56. The van der Waals surface area contributed by atoms with Gasteiger partial charge in [0.05, 0.1) is 33.9 Å². The van der Waals surface area contributed by atoms with Gasteiger partial charge in [0.2, 0.25) is 5.91 Å². The monoisotopic (exact) mass is 472 g/mol. The van der Waals surface area contributed by atoms with Gasteiger partial charge in [0.1, 0.15) is 5.82 Å². The lowest BCUT2D eigenvalue weighted by molar-refractivity contribution is -0.126. The molecule has 34 heavy (non-hydrogen) atoms. The second-order valence-corrected chi connectivity index (χ2v) is 9.83. The third-order valence-electron chi connectivity index (χ3n) is 6.37. The Balaban J connectivity index is 1.39. The number of thiazole rings is 1. The van der Waals surface area contributed by atoms with Crippen molar-refractivity contribution in [1.29, 1.82) is 0 Å². The average molecular weight is 473 g/mol. The molecule has 1 aliphatic heterocycles. The number of anilines is 1. The summed E-state index contributed by atoms with van der Waals surface area (Å²) in [6.45, 7) is 5.42. The van der Waals surface area contributed by atoms with Gasteiger partial charge in [-0.05, 0) is 30.7 Å². The van der Waals surface area contributed by atoms with Crippen LogP contribution in [0.4, 0.5) is 5.82 Å². The summed E-state index contributed by atoms with van der Waals surface area (Å²) in [4.78, 5) is 25.4. The minimum atomic E-state index is -0.753. The van der Waals surface area contributed by atoms with Gasteiger partial charge in [0, 0.05) is 37.8 Å². The first kappa shape index (κ1) is 22.5. The van der Waals surface area contributed by atoms with Crippen LogP contribution in [0.5, 0.6) is 0 Å². The van der Waals surface area contributed by atoms with Crippen molar-refractivity contribution in [3.63, 3.8) is 0 Å². The number of carbonyl (C=O) groups is 1. The van der Waals surface area contributed by atoms with Crippen LogP contribution in [0.15, 0.2) is 72.9 Å². The van der Waals surface area contributed by atoms with Crippen molar-refractivity contribution in [3.8, 4) is 0 Å². The molecule has 0 radical (unpaired) electrons. The van der Waals surface area contributed by atoms with Crippen molar-refractivity contribution in [2.24, 2.45) is 0 Å². The van der Waals surface area contributed by atoms with Crippen molar-refractivity contribution < 1.29 is 9.53 Å². The van der Waals surface area contributed by atoms with E-state index in [9.17, 15) is 4.79 Å². The number of nitrogens with zero attached hydrogens (tertiary/aromatic N) is 3. The number of pyridine rings is 1. The Bertz CT molecular complexity index is 1240. The van der Waals surface area contributed by atoms with Gasteiger partial charge in [0.25, 0.3) is 0 Å². The molecule has 1 atom stereocenters. The standard InChI is InChI=1S/C27H28N4O2S/c1-27(21-9-3-2-4-10-21,18-24-30-22-11-5-6-12-23(22)34-24)26(32)29-19-20-8-7-13-28-25(20)31-14-16-33-17-15-31/h2-13H,14-19H2,1H3,(H,29,32). The summed E-state index contributed by atoms with van der Waals surface area (Å²) >= 11 is 1.65. The van der Waals surface area contributed by atoms with Crippen molar-refractivity contribution in [2.75, 3.05) is 31.2 Å². The lowest BCUT2D eigenvalue weighted by atomic mass is 9.78. The molecule has 174 valence electrons. The zero-order valence-electron chi connectivity index (χ0n) is 19.2. The highest BCUT2D eigenvalue weighted by Gasteiger charge is 2.36. The van der Waals surface area contributed by atoms with E-state index in [0.29, 0.717) is 26.2 Å². The maximum Gasteiger partial charge on any atom is 0.231 e. The van der Waals surface area contributed by atoms with Crippen LogP contribution >= 0.6 is 11.3 Å². The van der Waals surface area contributed by atoms with Gasteiger partial charge in [-0.3, -0.25) is 4.79 Å². The number of fused-ring (bicyclic) bond motifs is 1. The molecule has 0 bridgehead atoms. The highest BCUT2D eigenvalue weighted by atomic mass is 32.1. The average Bonchev–Trinajstić information content (AvgIpc) is 3.30. The van der Waals surface area contributed by atoms with E-state index in [-0.39, 0.29) is 5.91 Å². The van der Waals surface area contributed by atoms with Crippen LogP contribution in [0, 0.1) is 0 Å². The van der Waals surface area contributed by atoms with Crippen LogP contribution in [-0.4, -0.2) is 42.2 Å². The fraction of sp³-hybridized carbons (Fsp3) is 0.296. The topological polar surface area (TPSA) is 67.4 Å². The smallest absolute Gasteiger partial charge is 0.231 e. The second-order valence-electron chi connectivity index (χ2n) is 8.72. The summed E-state index contributed by atoms with van der Waals surface area (Å²) in [5.41, 5.74) is 2.21. The molecule has 1 saturated heterocycles. The number of amides is 1. The minimum absolute atomic E-state index is 0.0188. The Morgan fingerprint density at radius 1 is 1.06 bits per heavy atom. The molecule has 3 heterocycles. The first-order valence-corrected chi connectivity index (χ1v) is 12.4. The fourth-order valence-corrected chi connectivity index (χ4v) is 5.54. The number of benzene rings is 2. The minimum Gasteiger partial charge on any atom is -0.378 e. The Morgan fingerprint density at radius 2 is 1.82 bits per heavy atom. The highest BCUT2D eigenvalue weighted by molar-refractivity contribution is 7.18. The predicted octanol–water partition coefficient (Wildman–Crippen LogP) is 4.34. The Morgan fingerprint density at radius 3 is 2.62 bits per heavy atom. The summed E-state index contributed by atoms with van der Waals surface area (Å²) in [6.07, 6.45) is 2.34. The fourth-order valence-electron chi connectivity index (χ4n) is 4.42. The van der Waals surface area contributed by atoms with Crippen molar-refractivity contribution in [2.45, 2.75) is 25.3 Å². The molecule has 4 aromatic rings. The molecule has 6 nitrogen and oxygen atoms in total.